The van der Waals surface area contributed by atoms with Gasteiger partial charge in [-0.15, -0.1) is 6.07 Å². The summed E-state index contributed by atoms with van der Waals surface area (Å²) in [5.74, 6) is -0.698. The van der Waals surface area contributed by atoms with Crippen molar-refractivity contribution >= 4 is 17.4 Å². The number of pyridine rings is 1. The Bertz CT molecular complexity index is 1420. The third-order valence-electron chi connectivity index (χ3n) is 8.16. The normalized spacial score (nSPS) is 12.9. The van der Waals surface area contributed by atoms with Gasteiger partial charge in [0.1, 0.15) is 0 Å². The number of nitriles is 1. The number of hydrogen-bond donors (Lipinski definition) is 1. The SMILES string of the molecule is CCC(C)CC(C)=Nc1ccc(C(=O)O)cc1C.CCCC.CCCCCC.CCCC[C@@H]1CCO1.Cc1ccc[c-]n1.[CH2-]c1ccc(C#N)cc1F.[U+2]. The topological polar surface area (TPSA) is 95.6 Å². The Morgan fingerprint density at radius 3 is 2.00 bits per heavy atom. The molecule has 2 atom stereocenters. The average molecular weight is 970 g/mol. The van der Waals surface area contributed by atoms with E-state index in [9.17, 15) is 9.18 Å². The Kier molecular flexibility index (Phi) is 37.9. The molecule has 0 spiro atoms. The van der Waals surface area contributed by atoms with Crippen molar-refractivity contribution in [3.05, 3.63) is 101 Å². The number of unbranched alkanes of at least 4 members (excludes halogenated alkanes) is 5. The van der Waals surface area contributed by atoms with Gasteiger partial charge in [-0.3, -0.25) is 9.38 Å². The molecule has 0 radical (unpaired) electrons. The zero-order chi connectivity index (χ0) is 40.4. The van der Waals surface area contributed by atoms with Gasteiger partial charge in [-0.05, 0) is 62.8 Å². The van der Waals surface area contributed by atoms with Crippen molar-refractivity contribution in [2.24, 2.45) is 10.9 Å². The fraction of sp³-hybridized carbons (Fsp3) is 0.543. The van der Waals surface area contributed by atoms with Gasteiger partial charge in [0.2, 0.25) is 0 Å². The van der Waals surface area contributed by atoms with Gasteiger partial charge in [-0.1, -0.05) is 131 Å². The van der Waals surface area contributed by atoms with Crippen LogP contribution in [0.3, 0.4) is 0 Å². The van der Waals surface area contributed by atoms with Gasteiger partial charge in [0.15, 0.2) is 0 Å². The number of nitrogens with zero attached hydrogens (tertiary/aromatic N) is 3. The van der Waals surface area contributed by atoms with Crippen LogP contribution in [0.4, 0.5) is 10.1 Å². The zero-order valence-corrected chi connectivity index (χ0v) is 39.4. The first-order valence-corrected chi connectivity index (χ1v) is 19.6. The third kappa shape index (κ3) is 30.4. The number of aryl methyl sites for hydroxylation is 2. The number of carbonyl (C=O) groups is 1. The molecule has 1 aliphatic rings. The molecule has 1 unspecified atom stereocenters. The largest absolute Gasteiger partial charge is 2.00 e. The first-order valence-electron chi connectivity index (χ1n) is 19.6. The fourth-order valence-corrected chi connectivity index (χ4v) is 4.28. The number of carboxylic acid groups (broad SMARTS) is 1. The van der Waals surface area contributed by atoms with E-state index in [1.165, 1.54) is 82.4 Å². The summed E-state index contributed by atoms with van der Waals surface area (Å²) in [5.41, 5.74) is 4.83. The standard InChI is InChI=1S/C15H21NO2.C8H5FN.C7H14O.C6H6N.C6H14.C4H10.U/c1-5-10(2)8-12(4)16-14-7-6-13(15(17)18)9-11(14)3;1-6-2-3-7(5-10)4-8(6)9;1-2-3-4-7-5-6-8-7;1-6-4-2-3-5-7-6;1-3-5-6-4-2;1-3-4-2;/h6-7,9-10H,5,8H2,1-4H3,(H,17,18);2-4H,1H2;7H,2-6H2,1H3;2-4H,1H3;3-6H2,1-2H3;3-4H2,1-2H3;/q;-1;;-1;;;+2/t;;7-;;;;/m..1..../s1. The summed E-state index contributed by atoms with van der Waals surface area (Å²) < 4.78 is 17.8. The van der Waals surface area contributed by atoms with E-state index in [0.717, 1.165) is 42.1 Å². The maximum atomic E-state index is 12.6. The summed E-state index contributed by atoms with van der Waals surface area (Å²) in [7, 11) is 0. The second kappa shape index (κ2) is 37.0. The van der Waals surface area contributed by atoms with Crippen molar-refractivity contribution < 1.29 is 50.1 Å². The van der Waals surface area contributed by atoms with Crippen molar-refractivity contribution in [1.82, 2.24) is 4.98 Å². The molecule has 8 heteroatoms. The van der Waals surface area contributed by atoms with Gasteiger partial charge in [-0.2, -0.15) is 42.0 Å². The van der Waals surface area contributed by atoms with Crippen molar-refractivity contribution in [3.63, 3.8) is 0 Å². The van der Waals surface area contributed by atoms with Crippen LogP contribution in [-0.4, -0.2) is 34.5 Å². The molecule has 3 aromatic rings. The van der Waals surface area contributed by atoms with Crippen LogP contribution in [0.15, 0.2) is 59.6 Å². The van der Waals surface area contributed by atoms with Crippen LogP contribution < -0.4 is 0 Å². The second-order valence-corrected chi connectivity index (χ2v) is 13.3. The molecule has 1 N–H and O–H groups in total. The van der Waals surface area contributed by atoms with E-state index in [2.05, 4.69) is 71.6 Å². The predicted molar refractivity (Wildman–Crippen MR) is 223 cm³/mol. The quantitative estimate of drug-likeness (QED) is 0.111. The predicted octanol–water partition coefficient (Wildman–Crippen LogP) is 13.7. The molecule has 1 fully saturated rings. The van der Waals surface area contributed by atoms with E-state index in [0.29, 0.717) is 28.7 Å². The zero-order valence-electron chi connectivity index (χ0n) is 35.2. The minimum absolute atomic E-state index is 0. The molecule has 0 bridgehead atoms. The summed E-state index contributed by atoms with van der Waals surface area (Å²) in [6, 6.07) is 16.7. The first kappa shape index (κ1) is 55.4. The smallest absolute Gasteiger partial charge is 0.478 e. The van der Waals surface area contributed by atoms with E-state index in [1.54, 1.807) is 24.3 Å². The number of carboxylic acids is 1. The van der Waals surface area contributed by atoms with Gasteiger partial charge >= 0.3 is 37.1 Å². The van der Waals surface area contributed by atoms with Gasteiger partial charge in [-0.25, -0.2) is 4.79 Å². The molecule has 1 aliphatic heterocycles. The van der Waals surface area contributed by atoms with E-state index in [1.807, 2.05) is 39.0 Å². The van der Waals surface area contributed by atoms with Crippen molar-refractivity contribution in [1.29, 1.82) is 5.26 Å². The number of aliphatic imine (C=N–C) groups is 1. The molecule has 0 amide bonds. The summed E-state index contributed by atoms with van der Waals surface area (Å²) in [6.07, 6.45) is 18.9. The van der Waals surface area contributed by atoms with Crippen molar-refractivity contribution in [2.75, 3.05) is 6.61 Å². The number of rotatable bonds is 12. The van der Waals surface area contributed by atoms with Crippen LogP contribution in [0.2, 0.25) is 0 Å². The molecule has 1 aromatic heterocycles. The summed E-state index contributed by atoms with van der Waals surface area (Å²) in [4.78, 5) is 19.3. The number of ether oxygens (including phenoxy) is 1. The van der Waals surface area contributed by atoms with Crippen molar-refractivity contribution in [2.45, 2.75) is 152 Å². The molecule has 4 rings (SSSR count). The average Bonchev–Trinajstić information content (AvgIpc) is 3.13. The number of benzene rings is 2. The molecule has 0 saturated carbocycles. The molecular weight excluding hydrogens is 900 g/mol. The summed E-state index contributed by atoms with van der Waals surface area (Å²) >= 11 is 0. The van der Waals surface area contributed by atoms with Crippen molar-refractivity contribution in [3.8, 4) is 6.07 Å². The first-order chi connectivity index (χ1) is 25.3. The minimum atomic E-state index is -0.898. The number of hydrogen-bond acceptors (Lipinski definition) is 5. The van der Waals surface area contributed by atoms with Crippen LogP contribution in [0.25, 0.3) is 0 Å². The van der Waals surface area contributed by atoms with Crippen LogP contribution >= 0.6 is 0 Å². The molecular formula is C46H70FN3O3U. The van der Waals surface area contributed by atoms with Gasteiger partial charge in [0.05, 0.1) is 23.4 Å². The van der Waals surface area contributed by atoms with Gasteiger partial charge in [0.25, 0.3) is 0 Å². The second-order valence-electron chi connectivity index (χ2n) is 13.3. The van der Waals surface area contributed by atoms with E-state index in [4.69, 9.17) is 15.1 Å². The maximum Gasteiger partial charge on any atom is 2.00 e. The molecule has 298 valence electrons. The fourth-order valence-electron chi connectivity index (χ4n) is 4.28. The van der Waals surface area contributed by atoms with Crippen LogP contribution in [-0.2, 0) is 4.74 Å². The summed E-state index contributed by atoms with van der Waals surface area (Å²) in [6.45, 7) is 25.7. The van der Waals surface area contributed by atoms with E-state index >= 15 is 0 Å². The Hall–Kier alpha value is -2.97. The molecule has 1 saturated heterocycles. The Morgan fingerprint density at radius 1 is 1.02 bits per heavy atom. The number of aromatic carboxylic acids is 1. The Labute approximate surface area is 353 Å². The number of halogens is 1. The summed E-state index contributed by atoms with van der Waals surface area (Å²) in [5, 5.41) is 17.2. The van der Waals surface area contributed by atoms with Crippen LogP contribution in [0.5, 0.6) is 0 Å². The van der Waals surface area contributed by atoms with Crippen LogP contribution in [0.1, 0.15) is 165 Å². The maximum absolute atomic E-state index is 12.6. The minimum Gasteiger partial charge on any atom is -0.478 e. The molecule has 2 aromatic carbocycles. The molecule has 54 heavy (non-hydrogen) atoms. The number of aromatic nitrogens is 1. The van der Waals surface area contributed by atoms with Gasteiger partial charge in [0, 0.05) is 23.7 Å². The van der Waals surface area contributed by atoms with E-state index < -0.39 is 11.8 Å². The Balaban J connectivity index is -0.000000619. The molecule has 0 aliphatic carbocycles. The van der Waals surface area contributed by atoms with Gasteiger partial charge < -0.3 is 14.8 Å². The monoisotopic (exact) mass is 970 g/mol. The molecule has 2 heterocycles. The van der Waals surface area contributed by atoms with E-state index in [-0.39, 0.29) is 31.1 Å². The molecule has 6 nitrogen and oxygen atoms in total. The Morgan fingerprint density at radius 2 is 1.63 bits per heavy atom. The van der Waals surface area contributed by atoms with Crippen LogP contribution in [0, 0.1) is 81.1 Å². The third-order valence-corrected chi connectivity index (χ3v) is 8.16.